The Morgan fingerprint density at radius 1 is 1.75 bits per heavy atom. The van der Waals surface area contributed by atoms with Gasteiger partial charge in [-0.25, -0.2) is 0 Å². The molecule has 16 heavy (non-hydrogen) atoms. The van der Waals surface area contributed by atoms with Crippen molar-refractivity contribution >= 4 is 13.8 Å². The summed E-state index contributed by atoms with van der Waals surface area (Å²) in [7, 11) is 1.66. The molecule has 0 spiro atoms. The Kier molecular flexibility index (Phi) is 3.97. The van der Waals surface area contributed by atoms with Gasteiger partial charge in [-0.2, -0.15) is 0 Å². The predicted molar refractivity (Wildman–Crippen MR) is 58.2 cm³/mol. The summed E-state index contributed by atoms with van der Waals surface area (Å²) in [5, 5.41) is 19.3. The van der Waals surface area contributed by atoms with Crippen LogP contribution in [0.1, 0.15) is 13.3 Å². The highest BCUT2D eigenvalue weighted by Crippen LogP contribution is 2.34. The molecule has 1 rings (SSSR count). The van der Waals surface area contributed by atoms with Gasteiger partial charge in [-0.05, 0) is 0 Å². The van der Waals surface area contributed by atoms with Crippen molar-refractivity contribution in [1.29, 1.82) is 0 Å². The number of esters is 1. The SMILES string of the molecule is B[C@@H]1O[C@@](CO)(CC#C)[C@@H](O)[C@H]1OC(C)=O. The molecule has 1 fully saturated rings. The van der Waals surface area contributed by atoms with Gasteiger partial charge >= 0.3 is 5.97 Å². The summed E-state index contributed by atoms with van der Waals surface area (Å²) in [4.78, 5) is 10.9. The number of terminal acetylenes is 1. The number of hydrogen-bond donors (Lipinski definition) is 2. The second-order valence-electron chi connectivity index (χ2n) is 3.95. The van der Waals surface area contributed by atoms with Crippen LogP contribution in [0.15, 0.2) is 0 Å². The normalized spacial score (nSPS) is 38.0. The van der Waals surface area contributed by atoms with Crippen molar-refractivity contribution in [2.75, 3.05) is 6.61 Å². The van der Waals surface area contributed by atoms with Gasteiger partial charge in [0, 0.05) is 13.3 Å². The van der Waals surface area contributed by atoms with E-state index in [1.165, 1.54) is 6.92 Å². The van der Waals surface area contributed by atoms with E-state index in [0.717, 1.165) is 0 Å². The molecular weight excluding hydrogens is 211 g/mol. The summed E-state index contributed by atoms with van der Waals surface area (Å²) >= 11 is 0. The minimum absolute atomic E-state index is 0.0623. The van der Waals surface area contributed by atoms with Gasteiger partial charge in [0.05, 0.1) is 12.6 Å². The van der Waals surface area contributed by atoms with Gasteiger partial charge in [0.1, 0.15) is 25.7 Å². The van der Waals surface area contributed by atoms with Crippen molar-refractivity contribution < 1.29 is 24.5 Å². The van der Waals surface area contributed by atoms with Gasteiger partial charge in [-0.3, -0.25) is 4.79 Å². The van der Waals surface area contributed by atoms with Gasteiger partial charge in [-0.15, -0.1) is 12.3 Å². The highest BCUT2D eigenvalue weighted by Gasteiger charge is 2.53. The smallest absolute Gasteiger partial charge is 0.303 e. The fourth-order valence-corrected chi connectivity index (χ4v) is 1.92. The number of rotatable bonds is 3. The van der Waals surface area contributed by atoms with Gasteiger partial charge < -0.3 is 19.7 Å². The van der Waals surface area contributed by atoms with Crippen molar-refractivity contribution in [3.05, 3.63) is 0 Å². The number of aliphatic hydroxyl groups is 2. The zero-order valence-corrected chi connectivity index (χ0v) is 9.34. The van der Waals surface area contributed by atoms with E-state index in [2.05, 4.69) is 5.92 Å². The Morgan fingerprint density at radius 2 is 2.38 bits per heavy atom. The van der Waals surface area contributed by atoms with E-state index in [-0.39, 0.29) is 6.42 Å². The molecule has 1 heterocycles. The van der Waals surface area contributed by atoms with E-state index in [4.69, 9.17) is 15.9 Å². The number of carbonyl (C=O) groups excluding carboxylic acids is 1. The van der Waals surface area contributed by atoms with Crippen LogP contribution in [0.4, 0.5) is 0 Å². The quantitative estimate of drug-likeness (QED) is 0.331. The average Bonchev–Trinajstić information content (AvgIpc) is 2.44. The molecule has 6 heteroatoms. The van der Waals surface area contributed by atoms with E-state index < -0.39 is 36.4 Å². The molecule has 2 N–H and O–H groups in total. The largest absolute Gasteiger partial charge is 0.458 e. The van der Waals surface area contributed by atoms with Crippen LogP contribution in [-0.4, -0.2) is 54.4 Å². The minimum Gasteiger partial charge on any atom is -0.458 e. The molecule has 0 aromatic heterocycles. The first-order chi connectivity index (χ1) is 7.46. The summed E-state index contributed by atoms with van der Waals surface area (Å²) in [5.41, 5.74) is -1.23. The Balaban J connectivity index is 2.87. The maximum absolute atomic E-state index is 10.9. The van der Waals surface area contributed by atoms with Crippen molar-refractivity contribution in [3.8, 4) is 12.3 Å². The third-order valence-electron chi connectivity index (χ3n) is 2.70. The van der Waals surface area contributed by atoms with Gasteiger partial charge in [-0.1, -0.05) is 0 Å². The maximum atomic E-state index is 10.9. The number of aliphatic hydroxyl groups excluding tert-OH is 2. The van der Waals surface area contributed by atoms with Crippen molar-refractivity contribution in [3.63, 3.8) is 0 Å². The topological polar surface area (TPSA) is 76.0 Å². The zero-order valence-electron chi connectivity index (χ0n) is 9.34. The first-order valence-corrected chi connectivity index (χ1v) is 5.04. The standard InChI is InChI=1S/C10H15BO5/c1-3-4-10(5-12)8(14)7(9(11)16-10)15-6(2)13/h1,7-9,12,14H,4-5,11H2,2H3/t7-,8+,9-,10-/m1/s1. The Morgan fingerprint density at radius 3 is 2.81 bits per heavy atom. The lowest BCUT2D eigenvalue weighted by Gasteiger charge is -2.28. The Hall–Kier alpha value is -1.03. The number of carbonyl (C=O) groups is 1. The molecule has 1 aliphatic heterocycles. The molecule has 4 atom stereocenters. The Bertz CT molecular complexity index is 313. The van der Waals surface area contributed by atoms with Crippen LogP contribution in [0, 0.1) is 12.3 Å². The van der Waals surface area contributed by atoms with Crippen LogP contribution in [0.2, 0.25) is 0 Å². The van der Waals surface area contributed by atoms with E-state index in [1.54, 1.807) is 7.85 Å². The van der Waals surface area contributed by atoms with Crippen LogP contribution in [0.3, 0.4) is 0 Å². The molecule has 5 nitrogen and oxygen atoms in total. The molecule has 88 valence electrons. The first kappa shape index (κ1) is 13.0. The van der Waals surface area contributed by atoms with Gasteiger partial charge in [0.15, 0.2) is 0 Å². The highest BCUT2D eigenvalue weighted by molar-refractivity contribution is 6.11. The molecular formula is C10H15BO5. The molecule has 0 saturated carbocycles. The lowest BCUT2D eigenvalue weighted by atomic mass is 9.88. The summed E-state index contributed by atoms with van der Waals surface area (Å²) in [6, 6.07) is -0.501. The van der Waals surface area contributed by atoms with Crippen molar-refractivity contribution in [2.45, 2.75) is 37.2 Å². The highest BCUT2D eigenvalue weighted by atomic mass is 16.6. The fraction of sp³-hybridized carbons (Fsp3) is 0.700. The molecule has 0 amide bonds. The molecule has 0 radical (unpaired) electrons. The Labute approximate surface area is 95.1 Å². The van der Waals surface area contributed by atoms with Crippen LogP contribution in [-0.2, 0) is 14.3 Å². The van der Waals surface area contributed by atoms with Crippen LogP contribution in [0.25, 0.3) is 0 Å². The summed E-state index contributed by atoms with van der Waals surface area (Å²) in [6.07, 6.45) is 3.31. The van der Waals surface area contributed by atoms with Crippen LogP contribution < -0.4 is 0 Å². The zero-order chi connectivity index (χ0) is 12.3. The van der Waals surface area contributed by atoms with E-state index in [0.29, 0.717) is 0 Å². The lowest BCUT2D eigenvalue weighted by molar-refractivity contribution is -0.151. The number of ether oxygens (including phenoxy) is 2. The van der Waals surface area contributed by atoms with E-state index in [9.17, 15) is 15.0 Å². The summed E-state index contributed by atoms with van der Waals surface area (Å²) in [5.74, 6) is 1.84. The minimum atomic E-state index is -1.23. The third-order valence-corrected chi connectivity index (χ3v) is 2.70. The lowest BCUT2D eigenvalue weighted by Crippen LogP contribution is -2.47. The van der Waals surface area contributed by atoms with Gasteiger partial charge in [0.2, 0.25) is 0 Å². The van der Waals surface area contributed by atoms with Crippen molar-refractivity contribution in [1.82, 2.24) is 0 Å². The fourth-order valence-electron chi connectivity index (χ4n) is 1.92. The molecule has 0 aromatic rings. The monoisotopic (exact) mass is 226 g/mol. The molecule has 1 aliphatic rings. The molecule has 0 bridgehead atoms. The van der Waals surface area contributed by atoms with E-state index >= 15 is 0 Å². The van der Waals surface area contributed by atoms with Crippen LogP contribution >= 0.6 is 0 Å². The second-order valence-corrected chi connectivity index (χ2v) is 3.95. The summed E-state index contributed by atoms with van der Waals surface area (Å²) in [6.45, 7) is 0.833. The predicted octanol–water partition coefficient (Wildman–Crippen LogP) is -1.98. The molecule has 0 unspecified atom stereocenters. The summed E-state index contributed by atoms with van der Waals surface area (Å²) < 4.78 is 10.4. The van der Waals surface area contributed by atoms with Crippen LogP contribution in [0.5, 0.6) is 0 Å². The number of hydrogen-bond acceptors (Lipinski definition) is 5. The first-order valence-electron chi connectivity index (χ1n) is 5.04. The average molecular weight is 226 g/mol. The second kappa shape index (κ2) is 4.87. The van der Waals surface area contributed by atoms with Gasteiger partial charge in [0.25, 0.3) is 0 Å². The maximum Gasteiger partial charge on any atom is 0.303 e. The molecule has 1 saturated heterocycles. The molecule has 0 aromatic carbocycles. The van der Waals surface area contributed by atoms with E-state index in [1.807, 2.05) is 0 Å². The third kappa shape index (κ3) is 2.22. The molecule has 0 aliphatic carbocycles. The van der Waals surface area contributed by atoms with Crippen molar-refractivity contribution in [2.24, 2.45) is 0 Å².